The molecule has 0 aromatic rings. The molecule has 0 fully saturated rings. The van der Waals surface area contributed by atoms with E-state index in [1.807, 2.05) is 0 Å². The van der Waals surface area contributed by atoms with Crippen LogP contribution in [0.1, 0.15) is 104 Å². The van der Waals surface area contributed by atoms with Gasteiger partial charge in [0.05, 0.1) is 0 Å². The summed E-state index contributed by atoms with van der Waals surface area (Å²) in [5, 5.41) is 3.49. The molecule has 0 spiro atoms. The molecule has 0 aromatic carbocycles. The Morgan fingerprint density at radius 1 is 0.650 bits per heavy atom. The zero-order valence-corrected chi connectivity index (χ0v) is 14.8. The van der Waals surface area contributed by atoms with E-state index in [0.29, 0.717) is 0 Å². The number of hydrogen-bond acceptors (Lipinski definition) is 1. The summed E-state index contributed by atoms with van der Waals surface area (Å²) in [7, 11) is 2.13. The molecule has 0 saturated heterocycles. The van der Waals surface area contributed by atoms with Crippen LogP contribution in [0.25, 0.3) is 0 Å². The van der Waals surface area contributed by atoms with Crippen LogP contribution in [0.5, 0.6) is 0 Å². The molecule has 0 amide bonds. The average molecular weight is 284 g/mol. The van der Waals surface area contributed by atoms with Crippen molar-refractivity contribution in [2.45, 2.75) is 110 Å². The van der Waals surface area contributed by atoms with Crippen molar-refractivity contribution in [1.82, 2.24) is 5.32 Å². The lowest BCUT2D eigenvalue weighted by atomic mass is 9.98. The van der Waals surface area contributed by atoms with Crippen molar-refractivity contribution < 1.29 is 0 Å². The van der Waals surface area contributed by atoms with Crippen LogP contribution in [-0.4, -0.2) is 13.1 Å². The minimum absolute atomic E-state index is 0.756. The van der Waals surface area contributed by atoms with Gasteiger partial charge in [-0.05, 0) is 32.2 Å². The first-order chi connectivity index (χ1) is 9.70. The highest BCUT2D eigenvalue weighted by atomic mass is 14.9. The van der Waals surface area contributed by atoms with Crippen LogP contribution in [-0.2, 0) is 0 Å². The highest BCUT2D eigenvalue weighted by Crippen LogP contribution is 2.14. The first-order valence-corrected chi connectivity index (χ1v) is 9.38. The fourth-order valence-corrected chi connectivity index (χ4v) is 2.85. The van der Waals surface area contributed by atoms with E-state index in [2.05, 4.69) is 33.1 Å². The minimum atomic E-state index is 0.756. The van der Waals surface area contributed by atoms with Gasteiger partial charge in [0.1, 0.15) is 0 Å². The molecule has 20 heavy (non-hydrogen) atoms. The summed E-state index contributed by atoms with van der Waals surface area (Å²) in [5.74, 6) is 0.846. The van der Waals surface area contributed by atoms with E-state index in [1.54, 1.807) is 0 Å². The van der Waals surface area contributed by atoms with E-state index >= 15 is 0 Å². The standard InChI is InChI=1S/C19H41N/c1-5-6-7-8-9-10-11-12-13-14-15-19(20-4)17-16-18(2)3/h18-20H,5-17H2,1-4H3. The van der Waals surface area contributed by atoms with Crippen molar-refractivity contribution in [3.8, 4) is 0 Å². The second-order valence-corrected chi connectivity index (χ2v) is 6.93. The molecule has 0 radical (unpaired) electrons. The van der Waals surface area contributed by atoms with Crippen molar-refractivity contribution in [2.75, 3.05) is 7.05 Å². The van der Waals surface area contributed by atoms with Crippen LogP contribution in [0, 0.1) is 5.92 Å². The van der Waals surface area contributed by atoms with Gasteiger partial charge in [0.2, 0.25) is 0 Å². The van der Waals surface area contributed by atoms with Gasteiger partial charge in [0.15, 0.2) is 0 Å². The fraction of sp³-hybridized carbons (Fsp3) is 1.00. The van der Waals surface area contributed by atoms with Crippen LogP contribution in [0.4, 0.5) is 0 Å². The molecule has 0 aromatic heterocycles. The third-order valence-corrected chi connectivity index (χ3v) is 4.41. The molecule has 0 aliphatic heterocycles. The molecule has 1 N–H and O–H groups in total. The molecular weight excluding hydrogens is 242 g/mol. The summed E-state index contributed by atoms with van der Waals surface area (Å²) in [4.78, 5) is 0. The molecule has 1 nitrogen and oxygen atoms in total. The molecule has 1 unspecified atom stereocenters. The molecule has 1 heteroatoms. The maximum atomic E-state index is 3.49. The normalized spacial score (nSPS) is 13.1. The smallest absolute Gasteiger partial charge is 0.00641 e. The van der Waals surface area contributed by atoms with Crippen LogP contribution in [0.2, 0.25) is 0 Å². The number of hydrogen-bond donors (Lipinski definition) is 1. The summed E-state index contributed by atoms with van der Waals surface area (Å²) in [6, 6.07) is 0.756. The molecule has 1 atom stereocenters. The van der Waals surface area contributed by atoms with E-state index in [-0.39, 0.29) is 0 Å². The zero-order chi connectivity index (χ0) is 15.1. The van der Waals surface area contributed by atoms with Crippen LogP contribution < -0.4 is 5.32 Å². The highest BCUT2D eigenvalue weighted by molar-refractivity contribution is 4.65. The van der Waals surface area contributed by atoms with Gasteiger partial charge >= 0.3 is 0 Å². The van der Waals surface area contributed by atoms with Crippen molar-refractivity contribution in [3.63, 3.8) is 0 Å². The van der Waals surface area contributed by atoms with Gasteiger partial charge in [-0.3, -0.25) is 0 Å². The number of rotatable bonds is 15. The maximum absolute atomic E-state index is 3.49. The number of nitrogens with one attached hydrogen (secondary N) is 1. The lowest BCUT2D eigenvalue weighted by molar-refractivity contribution is 0.415. The fourth-order valence-electron chi connectivity index (χ4n) is 2.85. The van der Waals surface area contributed by atoms with Crippen molar-refractivity contribution in [2.24, 2.45) is 5.92 Å². The Hall–Kier alpha value is -0.0400. The van der Waals surface area contributed by atoms with Crippen molar-refractivity contribution in [3.05, 3.63) is 0 Å². The van der Waals surface area contributed by atoms with Gasteiger partial charge in [0, 0.05) is 6.04 Å². The Kier molecular flexibility index (Phi) is 15.3. The molecule has 0 heterocycles. The summed E-state index contributed by atoms with van der Waals surface area (Å²) in [6.07, 6.45) is 18.5. The molecule has 122 valence electrons. The lowest BCUT2D eigenvalue weighted by Gasteiger charge is -2.17. The third-order valence-electron chi connectivity index (χ3n) is 4.41. The molecule has 0 bridgehead atoms. The molecular formula is C19H41N. The second kappa shape index (κ2) is 15.4. The summed E-state index contributed by atoms with van der Waals surface area (Å²) in [5.41, 5.74) is 0. The minimum Gasteiger partial charge on any atom is -0.317 e. The summed E-state index contributed by atoms with van der Waals surface area (Å²) < 4.78 is 0. The number of unbranched alkanes of at least 4 members (excludes halogenated alkanes) is 9. The summed E-state index contributed by atoms with van der Waals surface area (Å²) >= 11 is 0. The monoisotopic (exact) mass is 283 g/mol. The predicted molar refractivity (Wildman–Crippen MR) is 93.4 cm³/mol. The Labute approximate surface area is 129 Å². The van der Waals surface area contributed by atoms with Crippen LogP contribution in [0.3, 0.4) is 0 Å². The molecule has 0 rings (SSSR count). The van der Waals surface area contributed by atoms with Crippen LogP contribution >= 0.6 is 0 Å². The lowest BCUT2D eigenvalue weighted by Crippen LogP contribution is -2.25. The zero-order valence-electron chi connectivity index (χ0n) is 14.8. The first kappa shape index (κ1) is 20.0. The predicted octanol–water partition coefficient (Wildman–Crippen LogP) is 6.32. The average Bonchev–Trinajstić information content (AvgIpc) is 2.44. The Morgan fingerprint density at radius 2 is 1.15 bits per heavy atom. The van der Waals surface area contributed by atoms with Gasteiger partial charge in [-0.25, -0.2) is 0 Å². The van der Waals surface area contributed by atoms with Gasteiger partial charge < -0.3 is 5.32 Å². The van der Waals surface area contributed by atoms with Crippen molar-refractivity contribution in [1.29, 1.82) is 0 Å². The quantitative estimate of drug-likeness (QED) is 0.347. The Balaban J connectivity index is 3.24. The SMILES string of the molecule is CCCCCCCCCCCCC(CCC(C)C)NC. The Bertz CT molecular complexity index is 177. The topological polar surface area (TPSA) is 12.0 Å². The maximum Gasteiger partial charge on any atom is 0.00641 e. The third kappa shape index (κ3) is 14.4. The molecule has 0 aliphatic carbocycles. The second-order valence-electron chi connectivity index (χ2n) is 6.93. The van der Waals surface area contributed by atoms with E-state index in [1.165, 1.54) is 83.5 Å². The molecule has 0 aliphatic rings. The van der Waals surface area contributed by atoms with E-state index in [9.17, 15) is 0 Å². The molecule has 0 saturated carbocycles. The van der Waals surface area contributed by atoms with E-state index < -0.39 is 0 Å². The van der Waals surface area contributed by atoms with Gasteiger partial charge in [-0.2, -0.15) is 0 Å². The van der Waals surface area contributed by atoms with E-state index in [0.717, 1.165) is 12.0 Å². The Morgan fingerprint density at radius 3 is 1.60 bits per heavy atom. The van der Waals surface area contributed by atoms with Gasteiger partial charge in [0.25, 0.3) is 0 Å². The first-order valence-electron chi connectivity index (χ1n) is 9.38. The summed E-state index contributed by atoms with van der Waals surface area (Å²) in [6.45, 7) is 6.94. The highest BCUT2D eigenvalue weighted by Gasteiger charge is 2.06. The van der Waals surface area contributed by atoms with E-state index in [4.69, 9.17) is 0 Å². The largest absolute Gasteiger partial charge is 0.317 e. The van der Waals surface area contributed by atoms with Crippen molar-refractivity contribution >= 4 is 0 Å². The van der Waals surface area contributed by atoms with Crippen LogP contribution in [0.15, 0.2) is 0 Å². The van der Waals surface area contributed by atoms with Gasteiger partial charge in [-0.1, -0.05) is 85.0 Å². The van der Waals surface area contributed by atoms with Gasteiger partial charge in [-0.15, -0.1) is 0 Å².